The van der Waals surface area contributed by atoms with Crippen molar-refractivity contribution in [2.24, 2.45) is 0 Å². The molecule has 4 rings (SSSR count). The van der Waals surface area contributed by atoms with E-state index in [0.29, 0.717) is 18.9 Å². The minimum Gasteiger partial charge on any atom is -0.378 e. The van der Waals surface area contributed by atoms with Crippen LogP contribution >= 0.6 is 0 Å². The second-order valence-corrected chi connectivity index (χ2v) is 7.44. The van der Waals surface area contributed by atoms with Crippen molar-refractivity contribution in [2.45, 2.75) is 32.7 Å². The van der Waals surface area contributed by atoms with Crippen LogP contribution in [0.4, 0.5) is 0 Å². The summed E-state index contributed by atoms with van der Waals surface area (Å²) in [6, 6.07) is 10.4. The minimum atomic E-state index is 0.189. The van der Waals surface area contributed by atoms with Gasteiger partial charge in [0.15, 0.2) is 0 Å². The predicted molar refractivity (Wildman–Crippen MR) is 104 cm³/mol. The fraction of sp³-hybridized carbons (Fsp3) is 0.524. The van der Waals surface area contributed by atoms with Gasteiger partial charge in [0, 0.05) is 43.9 Å². The molecular formula is C21H28N4O2. The Bertz CT molecular complexity index is 802. The number of hydrogen-bond acceptors (Lipinski definition) is 4. The minimum absolute atomic E-state index is 0.189. The lowest BCUT2D eigenvalue weighted by Crippen LogP contribution is -2.44. The van der Waals surface area contributed by atoms with Crippen molar-refractivity contribution in [1.82, 2.24) is 19.6 Å². The van der Waals surface area contributed by atoms with Crippen LogP contribution in [0.2, 0.25) is 0 Å². The molecule has 27 heavy (non-hydrogen) atoms. The molecule has 2 aliphatic heterocycles. The van der Waals surface area contributed by atoms with E-state index in [1.54, 1.807) is 0 Å². The number of likely N-dealkylation sites (tertiary alicyclic amines) is 1. The first-order valence-corrected chi connectivity index (χ1v) is 9.86. The average molecular weight is 368 g/mol. The van der Waals surface area contributed by atoms with Gasteiger partial charge in [0.1, 0.15) is 0 Å². The number of rotatable bonds is 5. The Balaban J connectivity index is 1.56. The molecule has 2 fully saturated rings. The molecule has 0 unspecified atom stereocenters. The molecule has 3 heterocycles. The van der Waals surface area contributed by atoms with E-state index in [4.69, 9.17) is 9.84 Å². The van der Waals surface area contributed by atoms with Crippen molar-refractivity contribution < 1.29 is 9.53 Å². The number of aryl methyl sites for hydroxylation is 1. The van der Waals surface area contributed by atoms with Gasteiger partial charge in [-0.3, -0.25) is 9.69 Å². The van der Waals surface area contributed by atoms with Crippen molar-refractivity contribution in [3.05, 3.63) is 47.3 Å². The van der Waals surface area contributed by atoms with Gasteiger partial charge in [-0.05, 0) is 32.4 Å². The summed E-state index contributed by atoms with van der Waals surface area (Å²) in [5.74, 6) is 0.295. The molecule has 0 saturated carbocycles. The molecule has 1 amide bonds. The normalized spacial score (nSPS) is 21.2. The van der Waals surface area contributed by atoms with Crippen LogP contribution in [0, 0.1) is 13.8 Å². The number of nitrogens with zero attached hydrogens (tertiary/aromatic N) is 4. The lowest BCUT2D eigenvalue weighted by Gasteiger charge is -2.36. The first-order chi connectivity index (χ1) is 13.1. The SMILES string of the molecule is Cc1nn(-c2ccccc2)c(C)c1[C@@H]1COCCN1CCN1CCCC1=O. The summed E-state index contributed by atoms with van der Waals surface area (Å²) in [5, 5.41) is 4.81. The van der Waals surface area contributed by atoms with Gasteiger partial charge in [-0.1, -0.05) is 18.2 Å². The molecule has 0 aliphatic carbocycles. The van der Waals surface area contributed by atoms with Crippen LogP contribution < -0.4 is 0 Å². The van der Waals surface area contributed by atoms with Crippen LogP contribution in [0.1, 0.15) is 35.8 Å². The average Bonchev–Trinajstić information content (AvgIpc) is 3.23. The molecule has 6 nitrogen and oxygen atoms in total. The first kappa shape index (κ1) is 18.2. The maximum atomic E-state index is 11.9. The highest BCUT2D eigenvalue weighted by molar-refractivity contribution is 5.78. The van der Waals surface area contributed by atoms with E-state index >= 15 is 0 Å². The molecule has 1 atom stereocenters. The molecule has 6 heteroatoms. The lowest BCUT2D eigenvalue weighted by atomic mass is 10.0. The summed E-state index contributed by atoms with van der Waals surface area (Å²) in [6.45, 7) is 9.12. The number of ether oxygens (including phenoxy) is 1. The highest BCUT2D eigenvalue weighted by atomic mass is 16.5. The van der Waals surface area contributed by atoms with Gasteiger partial charge in [-0.15, -0.1) is 0 Å². The zero-order valence-corrected chi connectivity index (χ0v) is 16.2. The maximum absolute atomic E-state index is 11.9. The van der Waals surface area contributed by atoms with Crippen molar-refractivity contribution in [1.29, 1.82) is 0 Å². The molecule has 2 aromatic rings. The molecule has 0 radical (unpaired) electrons. The van der Waals surface area contributed by atoms with Gasteiger partial charge >= 0.3 is 0 Å². The van der Waals surface area contributed by atoms with Gasteiger partial charge in [0.25, 0.3) is 0 Å². The fourth-order valence-corrected chi connectivity index (χ4v) is 4.32. The standard InChI is InChI=1S/C21H28N4O2/c1-16-21(17(2)25(22-16)18-7-4-3-5-8-18)19-15-27-14-13-23(19)11-12-24-10-6-9-20(24)26/h3-5,7-8,19H,6,9-15H2,1-2H3/t19-/m0/s1. The molecule has 144 valence electrons. The number of aromatic nitrogens is 2. The lowest BCUT2D eigenvalue weighted by molar-refractivity contribution is -0.128. The molecular weight excluding hydrogens is 340 g/mol. The van der Waals surface area contributed by atoms with Crippen LogP contribution in [0.25, 0.3) is 5.69 Å². The molecule has 1 aromatic carbocycles. The van der Waals surface area contributed by atoms with Crippen LogP contribution in [-0.2, 0) is 9.53 Å². The third-order valence-corrected chi connectivity index (χ3v) is 5.75. The third-order valence-electron chi connectivity index (χ3n) is 5.75. The Morgan fingerprint density at radius 2 is 1.96 bits per heavy atom. The van der Waals surface area contributed by atoms with E-state index in [9.17, 15) is 4.79 Å². The van der Waals surface area contributed by atoms with Gasteiger partial charge < -0.3 is 9.64 Å². The van der Waals surface area contributed by atoms with Crippen LogP contribution in [0.15, 0.2) is 30.3 Å². The molecule has 0 spiro atoms. The zero-order valence-electron chi connectivity index (χ0n) is 16.2. The van der Waals surface area contributed by atoms with Crippen molar-refractivity contribution in [3.8, 4) is 5.69 Å². The number of carbonyl (C=O) groups excluding carboxylic acids is 1. The summed E-state index contributed by atoms with van der Waals surface area (Å²) < 4.78 is 7.85. The van der Waals surface area contributed by atoms with E-state index in [1.807, 2.05) is 27.8 Å². The Morgan fingerprint density at radius 1 is 1.15 bits per heavy atom. The van der Waals surface area contributed by atoms with E-state index in [-0.39, 0.29) is 6.04 Å². The van der Waals surface area contributed by atoms with Crippen LogP contribution in [0.3, 0.4) is 0 Å². The van der Waals surface area contributed by atoms with Gasteiger partial charge in [-0.25, -0.2) is 4.68 Å². The van der Waals surface area contributed by atoms with E-state index in [1.165, 1.54) is 5.56 Å². The Morgan fingerprint density at radius 3 is 2.70 bits per heavy atom. The number of amides is 1. The quantitative estimate of drug-likeness (QED) is 0.814. The monoisotopic (exact) mass is 368 g/mol. The summed E-state index contributed by atoms with van der Waals surface area (Å²) in [6.07, 6.45) is 1.70. The van der Waals surface area contributed by atoms with Gasteiger partial charge in [0.2, 0.25) is 5.91 Å². The summed E-state index contributed by atoms with van der Waals surface area (Å²) >= 11 is 0. The second-order valence-electron chi connectivity index (χ2n) is 7.44. The molecule has 1 aromatic heterocycles. The zero-order chi connectivity index (χ0) is 18.8. The summed E-state index contributed by atoms with van der Waals surface area (Å²) in [5.41, 5.74) is 4.55. The Labute approximate surface area is 160 Å². The van der Waals surface area contributed by atoms with Crippen LogP contribution in [-0.4, -0.2) is 64.9 Å². The fourth-order valence-electron chi connectivity index (χ4n) is 4.32. The van der Waals surface area contributed by atoms with Crippen molar-refractivity contribution in [3.63, 3.8) is 0 Å². The topological polar surface area (TPSA) is 50.6 Å². The van der Waals surface area contributed by atoms with E-state index in [2.05, 4.69) is 30.9 Å². The first-order valence-electron chi connectivity index (χ1n) is 9.86. The second kappa shape index (κ2) is 7.82. The maximum Gasteiger partial charge on any atom is 0.222 e. The predicted octanol–water partition coefficient (Wildman–Crippen LogP) is 2.48. The van der Waals surface area contributed by atoms with Crippen molar-refractivity contribution in [2.75, 3.05) is 39.4 Å². The third kappa shape index (κ3) is 3.64. The van der Waals surface area contributed by atoms with Gasteiger partial charge in [0.05, 0.1) is 30.6 Å². The number of para-hydroxylation sites is 1. The summed E-state index contributed by atoms with van der Waals surface area (Å²) in [4.78, 5) is 16.4. The Kier molecular flexibility index (Phi) is 5.27. The van der Waals surface area contributed by atoms with Gasteiger partial charge in [-0.2, -0.15) is 5.10 Å². The molecule has 0 bridgehead atoms. The van der Waals surface area contributed by atoms with E-state index < -0.39 is 0 Å². The smallest absolute Gasteiger partial charge is 0.222 e. The molecule has 2 saturated heterocycles. The number of carbonyl (C=O) groups is 1. The molecule has 2 aliphatic rings. The van der Waals surface area contributed by atoms with Crippen molar-refractivity contribution >= 4 is 5.91 Å². The molecule has 0 N–H and O–H groups in total. The highest BCUT2D eigenvalue weighted by Gasteiger charge is 2.31. The highest BCUT2D eigenvalue weighted by Crippen LogP contribution is 2.30. The number of benzene rings is 1. The summed E-state index contributed by atoms with van der Waals surface area (Å²) in [7, 11) is 0. The number of morpholine rings is 1. The number of hydrogen-bond donors (Lipinski definition) is 0. The largest absolute Gasteiger partial charge is 0.378 e. The van der Waals surface area contributed by atoms with Crippen LogP contribution in [0.5, 0.6) is 0 Å². The van der Waals surface area contributed by atoms with E-state index in [0.717, 1.165) is 56.3 Å². The Hall–Kier alpha value is -2.18.